The largest absolute Gasteiger partial charge is 0.380 e. The van der Waals surface area contributed by atoms with E-state index in [0.717, 1.165) is 21.8 Å². The second kappa shape index (κ2) is 5.43. The van der Waals surface area contributed by atoms with Crippen molar-refractivity contribution in [2.75, 3.05) is 7.11 Å². The van der Waals surface area contributed by atoms with Crippen LogP contribution in [0.15, 0.2) is 29.6 Å². The van der Waals surface area contributed by atoms with Gasteiger partial charge in [-0.2, -0.15) is 0 Å². The summed E-state index contributed by atoms with van der Waals surface area (Å²) in [5, 5.41) is 3.00. The Labute approximate surface area is 104 Å². The molecule has 0 saturated carbocycles. The Morgan fingerprint density at radius 2 is 2.19 bits per heavy atom. The molecule has 2 nitrogen and oxygen atoms in total. The van der Waals surface area contributed by atoms with E-state index in [1.54, 1.807) is 18.4 Å². The summed E-state index contributed by atoms with van der Waals surface area (Å²) in [5.74, 6) is 0.461. The highest BCUT2D eigenvalue weighted by atomic mass is 35.5. The molecule has 0 radical (unpaired) electrons. The van der Waals surface area contributed by atoms with Crippen molar-refractivity contribution in [3.63, 3.8) is 0 Å². The zero-order valence-corrected chi connectivity index (χ0v) is 10.5. The monoisotopic (exact) mass is 253 g/mol. The highest BCUT2D eigenvalue weighted by Crippen LogP contribution is 2.27. The van der Waals surface area contributed by atoms with Gasteiger partial charge in [0.25, 0.3) is 0 Å². The molecule has 0 unspecified atom stereocenters. The highest BCUT2D eigenvalue weighted by molar-refractivity contribution is 7.13. The van der Waals surface area contributed by atoms with Gasteiger partial charge in [0.05, 0.1) is 18.2 Å². The van der Waals surface area contributed by atoms with Crippen molar-refractivity contribution in [2.24, 2.45) is 0 Å². The van der Waals surface area contributed by atoms with Gasteiger partial charge in [0, 0.05) is 18.1 Å². The lowest BCUT2D eigenvalue weighted by atomic mass is 10.1. The average molecular weight is 254 g/mol. The molecular weight excluding hydrogens is 242 g/mol. The SMILES string of the molecule is COCc1ccccc1-c1nc(CCl)cs1. The van der Waals surface area contributed by atoms with E-state index in [1.807, 2.05) is 17.5 Å². The van der Waals surface area contributed by atoms with E-state index in [1.165, 1.54) is 0 Å². The van der Waals surface area contributed by atoms with Crippen LogP contribution in [0.4, 0.5) is 0 Å². The molecule has 2 rings (SSSR count). The number of hydrogen-bond donors (Lipinski definition) is 0. The Hall–Kier alpha value is -0.900. The van der Waals surface area contributed by atoms with E-state index < -0.39 is 0 Å². The normalized spacial score (nSPS) is 10.6. The number of alkyl halides is 1. The standard InChI is InChI=1S/C12H12ClNOS/c1-15-7-9-4-2-3-5-11(9)12-14-10(6-13)8-16-12/h2-5,8H,6-7H2,1H3. The lowest BCUT2D eigenvalue weighted by Gasteiger charge is -2.05. The van der Waals surface area contributed by atoms with Crippen LogP contribution in [-0.2, 0) is 17.2 Å². The first-order valence-corrected chi connectivity index (χ1v) is 6.34. The fourth-order valence-electron chi connectivity index (χ4n) is 1.50. The summed E-state index contributed by atoms with van der Waals surface area (Å²) in [7, 11) is 1.70. The van der Waals surface area contributed by atoms with Crippen LogP contribution < -0.4 is 0 Å². The van der Waals surface area contributed by atoms with Crippen LogP contribution in [0.5, 0.6) is 0 Å². The van der Waals surface area contributed by atoms with Crippen LogP contribution in [0.25, 0.3) is 10.6 Å². The zero-order chi connectivity index (χ0) is 11.4. The minimum Gasteiger partial charge on any atom is -0.380 e. The summed E-state index contributed by atoms with van der Waals surface area (Å²) >= 11 is 7.36. The van der Waals surface area contributed by atoms with Gasteiger partial charge in [0.2, 0.25) is 0 Å². The molecule has 16 heavy (non-hydrogen) atoms. The van der Waals surface area contributed by atoms with Gasteiger partial charge >= 0.3 is 0 Å². The van der Waals surface area contributed by atoms with E-state index in [-0.39, 0.29) is 0 Å². The summed E-state index contributed by atoms with van der Waals surface area (Å²) < 4.78 is 5.17. The molecular formula is C12H12ClNOS. The Morgan fingerprint density at radius 1 is 1.38 bits per heavy atom. The van der Waals surface area contributed by atoms with Crippen LogP contribution in [0.3, 0.4) is 0 Å². The second-order valence-corrected chi connectivity index (χ2v) is 4.49. The number of benzene rings is 1. The Balaban J connectivity index is 2.38. The fraction of sp³-hybridized carbons (Fsp3) is 0.250. The topological polar surface area (TPSA) is 22.1 Å². The fourth-order valence-corrected chi connectivity index (χ4v) is 2.61. The molecule has 0 amide bonds. The maximum atomic E-state index is 5.75. The number of methoxy groups -OCH3 is 1. The smallest absolute Gasteiger partial charge is 0.124 e. The van der Waals surface area contributed by atoms with Gasteiger partial charge in [-0.1, -0.05) is 24.3 Å². The summed E-state index contributed by atoms with van der Waals surface area (Å²) in [6.07, 6.45) is 0. The third-order valence-corrected chi connectivity index (χ3v) is 3.43. The van der Waals surface area contributed by atoms with Gasteiger partial charge in [0.1, 0.15) is 5.01 Å². The molecule has 0 bridgehead atoms. The van der Waals surface area contributed by atoms with Crippen molar-refractivity contribution in [3.05, 3.63) is 40.9 Å². The van der Waals surface area contributed by atoms with Gasteiger partial charge in [-0.25, -0.2) is 4.98 Å². The van der Waals surface area contributed by atoms with Crippen molar-refractivity contribution in [3.8, 4) is 10.6 Å². The average Bonchev–Trinajstić information content (AvgIpc) is 2.79. The minimum absolute atomic E-state index is 0.461. The summed E-state index contributed by atoms with van der Waals surface area (Å²) in [4.78, 5) is 4.47. The Bertz CT molecular complexity index is 470. The minimum atomic E-state index is 0.461. The number of ether oxygens (including phenoxy) is 1. The van der Waals surface area contributed by atoms with Gasteiger partial charge in [0.15, 0.2) is 0 Å². The molecule has 2 aromatic rings. The van der Waals surface area contributed by atoms with Crippen LogP contribution >= 0.6 is 22.9 Å². The summed E-state index contributed by atoms with van der Waals surface area (Å²) in [6.45, 7) is 0.603. The molecule has 1 heterocycles. The first-order chi connectivity index (χ1) is 7.85. The van der Waals surface area contributed by atoms with E-state index in [4.69, 9.17) is 16.3 Å². The Morgan fingerprint density at radius 3 is 2.88 bits per heavy atom. The van der Waals surface area contributed by atoms with Gasteiger partial charge < -0.3 is 4.74 Å². The third-order valence-electron chi connectivity index (χ3n) is 2.24. The molecule has 4 heteroatoms. The molecule has 0 fully saturated rings. The van der Waals surface area contributed by atoms with Crippen molar-refractivity contribution in [2.45, 2.75) is 12.5 Å². The maximum absolute atomic E-state index is 5.75. The molecule has 0 saturated heterocycles. The zero-order valence-electron chi connectivity index (χ0n) is 8.94. The first-order valence-electron chi connectivity index (χ1n) is 4.92. The van der Waals surface area contributed by atoms with Crippen LogP contribution in [0.2, 0.25) is 0 Å². The highest BCUT2D eigenvalue weighted by Gasteiger charge is 2.08. The van der Waals surface area contributed by atoms with Gasteiger partial charge in [-0.15, -0.1) is 22.9 Å². The number of aromatic nitrogens is 1. The van der Waals surface area contributed by atoms with Crippen molar-refractivity contribution >= 4 is 22.9 Å². The molecule has 1 aromatic carbocycles. The van der Waals surface area contributed by atoms with E-state index in [2.05, 4.69) is 17.1 Å². The molecule has 84 valence electrons. The number of thiazole rings is 1. The predicted molar refractivity (Wildman–Crippen MR) is 67.8 cm³/mol. The van der Waals surface area contributed by atoms with Crippen molar-refractivity contribution in [1.29, 1.82) is 0 Å². The quantitative estimate of drug-likeness (QED) is 0.776. The molecule has 0 aliphatic heterocycles. The van der Waals surface area contributed by atoms with Crippen LogP contribution in [0, 0.1) is 0 Å². The van der Waals surface area contributed by atoms with E-state index in [0.29, 0.717) is 12.5 Å². The Kier molecular flexibility index (Phi) is 3.93. The number of nitrogens with zero attached hydrogens (tertiary/aromatic N) is 1. The van der Waals surface area contributed by atoms with Crippen molar-refractivity contribution < 1.29 is 4.74 Å². The second-order valence-electron chi connectivity index (χ2n) is 3.37. The maximum Gasteiger partial charge on any atom is 0.124 e. The predicted octanol–water partition coefficient (Wildman–Crippen LogP) is 3.70. The molecule has 0 N–H and O–H groups in total. The number of halogens is 1. The van der Waals surface area contributed by atoms with Gasteiger partial charge in [-0.3, -0.25) is 0 Å². The third kappa shape index (κ3) is 2.43. The first kappa shape index (κ1) is 11.6. The molecule has 0 atom stereocenters. The molecule has 1 aromatic heterocycles. The summed E-state index contributed by atoms with van der Waals surface area (Å²) in [5.41, 5.74) is 3.21. The number of rotatable bonds is 4. The van der Waals surface area contributed by atoms with Crippen LogP contribution in [-0.4, -0.2) is 12.1 Å². The van der Waals surface area contributed by atoms with Crippen LogP contribution in [0.1, 0.15) is 11.3 Å². The number of hydrogen-bond acceptors (Lipinski definition) is 3. The molecule has 0 spiro atoms. The van der Waals surface area contributed by atoms with E-state index >= 15 is 0 Å². The van der Waals surface area contributed by atoms with Gasteiger partial charge in [-0.05, 0) is 5.56 Å². The lowest BCUT2D eigenvalue weighted by Crippen LogP contribution is -1.91. The van der Waals surface area contributed by atoms with Crippen molar-refractivity contribution in [1.82, 2.24) is 4.98 Å². The summed E-state index contributed by atoms with van der Waals surface area (Å²) in [6, 6.07) is 8.13. The molecule has 0 aliphatic rings. The van der Waals surface area contributed by atoms with E-state index in [9.17, 15) is 0 Å². The lowest BCUT2D eigenvalue weighted by molar-refractivity contribution is 0.185. The molecule has 0 aliphatic carbocycles.